The second-order valence-corrected chi connectivity index (χ2v) is 13.8. The number of para-hydroxylation sites is 1. The molecule has 0 aliphatic heterocycles. The van der Waals surface area contributed by atoms with Gasteiger partial charge in [0.25, 0.3) is 0 Å². The minimum Gasteiger partial charge on any atom is -0.456 e. The summed E-state index contributed by atoms with van der Waals surface area (Å²) in [5.74, 6) is 1.93. The molecule has 0 bridgehead atoms. The summed E-state index contributed by atoms with van der Waals surface area (Å²) in [5, 5.41) is 4.54. The van der Waals surface area contributed by atoms with Gasteiger partial charge in [0.15, 0.2) is 17.5 Å². The van der Waals surface area contributed by atoms with Gasteiger partial charge in [-0.3, -0.25) is 0 Å². The average Bonchev–Trinajstić information content (AvgIpc) is 3.78. The normalized spacial score (nSPS) is 13.2. The molecular formula is C49H31N3O. The lowest BCUT2D eigenvalue weighted by Crippen LogP contribution is -2.03. The van der Waals surface area contributed by atoms with Crippen LogP contribution in [0.4, 0.5) is 0 Å². The van der Waals surface area contributed by atoms with Crippen molar-refractivity contribution < 1.29 is 4.42 Å². The molecule has 0 saturated carbocycles. The standard InChI is InChI=1S/C49H31N3O/c1-3-12-30(13-4-1)31-22-24-33(25-23-31)48-50-47(32-14-5-2-6-15-32)51-49(52-48)42-28-34(29-44-46(42)41-18-9-10-21-43(41)53-44)35-26-27-40-37-17-8-7-16-36(37)39-20-11-19-38(35)45(39)40/h1,3-5,7-29H,2,6H2. The van der Waals surface area contributed by atoms with Crippen molar-refractivity contribution in [3.63, 3.8) is 0 Å². The summed E-state index contributed by atoms with van der Waals surface area (Å²) in [6.45, 7) is 0. The molecule has 2 aliphatic rings. The fraction of sp³-hybridized carbons (Fsp3) is 0.0408. The maximum absolute atomic E-state index is 6.62. The molecule has 11 rings (SSSR count). The van der Waals surface area contributed by atoms with Crippen LogP contribution in [0.1, 0.15) is 18.7 Å². The smallest absolute Gasteiger partial charge is 0.164 e. The van der Waals surface area contributed by atoms with Gasteiger partial charge in [0.1, 0.15) is 11.2 Å². The predicted octanol–water partition coefficient (Wildman–Crippen LogP) is 13.0. The molecule has 0 spiro atoms. The fourth-order valence-corrected chi connectivity index (χ4v) is 8.22. The van der Waals surface area contributed by atoms with Crippen LogP contribution in [0.2, 0.25) is 0 Å². The second-order valence-electron chi connectivity index (χ2n) is 13.8. The SMILES string of the molecule is C1=CC(c2nc(-c3ccc(-c4ccccc4)cc3)nc(-c3cc(-c4ccc5c6c(cccc46)-c4ccccc4-5)cc4oc5ccccc5c34)n2)=CCC1. The van der Waals surface area contributed by atoms with Crippen molar-refractivity contribution in [3.8, 4) is 67.3 Å². The van der Waals surface area contributed by atoms with Gasteiger partial charge in [-0.2, -0.15) is 0 Å². The minimum absolute atomic E-state index is 0.619. The summed E-state index contributed by atoms with van der Waals surface area (Å²) in [6.07, 6.45) is 8.53. The summed E-state index contributed by atoms with van der Waals surface area (Å²) < 4.78 is 6.62. The van der Waals surface area contributed by atoms with Gasteiger partial charge in [0, 0.05) is 27.5 Å². The number of benzene rings is 7. The third kappa shape index (κ3) is 4.80. The minimum atomic E-state index is 0.619. The molecule has 4 nitrogen and oxygen atoms in total. The van der Waals surface area contributed by atoms with Crippen LogP contribution in [0.15, 0.2) is 168 Å². The van der Waals surface area contributed by atoms with Crippen LogP contribution >= 0.6 is 0 Å². The van der Waals surface area contributed by atoms with Crippen molar-refractivity contribution >= 4 is 38.3 Å². The van der Waals surface area contributed by atoms with Crippen LogP contribution in [0.5, 0.6) is 0 Å². The summed E-state index contributed by atoms with van der Waals surface area (Å²) in [6, 6.07) is 51.5. The first-order valence-corrected chi connectivity index (χ1v) is 18.2. The number of nitrogens with zero attached hydrogens (tertiary/aromatic N) is 3. The van der Waals surface area contributed by atoms with E-state index in [1.54, 1.807) is 0 Å². The lowest BCUT2D eigenvalue weighted by molar-refractivity contribution is 0.669. The van der Waals surface area contributed by atoms with E-state index >= 15 is 0 Å². The molecule has 4 heteroatoms. The van der Waals surface area contributed by atoms with Crippen LogP contribution < -0.4 is 0 Å². The Morgan fingerprint density at radius 3 is 1.89 bits per heavy atom. The Bertz CT molecular complexity index is 2960. The molecule has 0 saturated heterocycles. The van der Waals surface area contributed by atoms with Crippen molar-refractivity contribution in [3.05, 3.63) is 170 Å². The van der Waals surface area contributed by atoms with Gasteiger partial charge in [0.05, 0.1) is 0 Å². The van der Waals surface area contributed by atoms with E-state index in [0.717, 1.165) is 68.2 Å². The third-order valence-electron chi connectivity index (χ3n) is 10.7. The van der Waals surface area contributed by atoms with Crippen molar-refractivity contribution in [1.29, 1.82) is 0 Å². The van der Waals surface area contributed by atoms with Gasteiger partial charge < -0.3 is 4.42 Å². The van der Waals surface area contributed by atoms with Gasteiger partial charge in [-0.15, -0.1) is 0 Å². The summed E-state index contributed by atoms with van der Waals surface area (Å²) >= 11 is 0. The zero-order valence-corrected chi connectivity index (χ0v) is 28.8. The number of fused-ring (bicyclic) bond motifs is 6. The Morgan fingerprint density at radius 1 is 0.396 bits per heavy atom. The maximum atomic E-state index is 6.62. The molecule has 2 heterocycles. The molecular weight excluding hydrogens is 647 g/mol. The van der Waals surface area contributed by atoms with E-state index in [2.05, 4.69) is 146 Å². The molecule has 2 aromatic heterocycles. The molecule has 7 aromatic carbocycles. The zero-order valence-electron chi connectivity index (χ0n) is 28.8. The van der Waals surface area contributed by atoms with Gasteiger partial charge in [0.2, 0.25) is 0 Å². The second kappa shape index (κ2) is 11.8. The van der Waals surface area contributed by atoms with E-state index in [-0.39, 0.29) is 0 Å². The average molecular weight is 678 g/mol. The first kappa shape index (κ1) is 29.8. The zero-order chi connectivity index (χ0) is 34.9. The Labute approximate surface area is 306 Å². The highest BCUT2D eigenvalue weighted by atomic mass is 16.3. The van der Waals surface area contributed by atoms with Crippen LogP contribution in [-0.4, -0.2) is 15.0 Å². The highest BCUT2D eigenvalue weighted by Crippen LogP contribution is 2.50. The van der Waals surface area contributed by atoms with Crippen molar-refractivity contribution in [2.24, 2.45) is 0 Å². The number of hydrogen-bond acceptors (Lipinski definition) is 4. The molecule has 248 valence electrons. The summed E-state index contributed by atoms with van der Waals surface area (Å²) in [7, 11) is 0. The van der Waals surface area contributed by atoms with Gasteiger partial charge in [-0.25, -0.2) is 15.0 Å². The molecule has 53 heavy (non-hydrogen) atoms. The van der Waals surface area contributed by atoms with Gasteiger partial charge >= 0.3 is 0 Å². The van der Waals surface area contributed by atoms with Gasteiger partial charge in [-0.05, 0) is 86.3 Å². The lowest BCUT2D eigenvalue weighted by atomic mass is 9.92. The number of rotatable bonds is 5. The maximum Gasteiger partial charge on any atom is 0.164 e. The lowest BCUT2D eigenvalue weighted by Gasteiger charge is -2.14. The van der Waals surface area contributed by atoms with Crippen molar-refractivity contribution in [2.75, 3.05) is 0 Å². The molecule has 9 aromatic rings. The first-order valence-electron chi connectivity index (χ1n) is 18.2. The molecule has 0 amide bonds. The Kier molecular flexibility index (Phi) is 6.65. The molecule has 2 aliphatic carbocycles. The van der Waals surface area contributed by atoms with Crippen molar-refractivity contribution in [2.45, 2.75) is 12.8 Å². The van der Waals surface area contributed by atoms with Gasteiger partial charge in [-0.1, -0.05) is 146 Å². The fourth-order valence-electron chi connectivity index (χ4n) is 8.22. The van der Waals surface area contributed by atoms with E-state index in [9.17, 15) is 0 Å². The third-order valence-corrected chi connectivity index (χ3v) is 10.7. The largest absolute Gasteiger partial charge is 0.456 e. The molecule has 0 atom stereocenters. The molecule has 0 unspecified atom stereocenters. The first-order chi connectivity index (χ1) is 26.3. The van der Waals surface area contributed by atoms with E-state index in [4.69, 9.17) is 19.4 Å². The Morgan fingerprint density at radius 2 is 1.06 bits per heavy atom. The summed E-state index contributed by atoms with van der Waals surface area (Å²) in [4.78, 5) is 15.6. The summed E-state index contributed by atoms with van der Waals surface area (Å²) in [5.41, 5.74) is 14.1. The molecule has 0 fully saturated rings. The predicted molar refractivity (Wildman–Crippen MR) is 217 cm³/mol. The van der Waals surface area contributed by atoms with E-state index in [1.807, 2.05) is 18.2 Å². The topological polar surface area (TPSA) is 51.8 Å². The van der Waals surface area contributed by atoms with Crippen LogP contribution in [0, 0.1) is 0 Å². The number of allylic oxidation sites excluding steroid dienone is 4. The molecule has 0 N–H and O–H groups in total. The monoisotopic (exact) mass is 677 g/mol. The highest BCUT2D eigenvalue weighted by molar-refractivity contribution is 6.20. The van der Waals surface area contributed by atoms with E-state index in [0.29, 0.717) is 17.5 Å². The van der Waals surface area contributed by atoms with E-state index < -0.39 is 0 Å². The highest BCUT2D eigenvalue weighted by Gasteiger charge is 2.24. The Balaban J connectivity index is 1.15. The molecule has 0 radical (unpaired) electrons. The van der Waals surface area contributed by atoms with E-state index in [1.165, 1.54) is 38.6 Å². The number of aromatic nitrogens is 3. The number of furan rings is 1. The number of hydrogen-bond donors (Lipinski definition) is 0. The van der Waals surface area contributed by atoms with Crippen LogP contribution in [-0.2, 0) is 0 Å². The van der Waals surface area contributed by atoms with Crippen molar-refractivity contribution in [1.82, 2.24) is 15.0 Å². The Hall–Kier alpha value is -6.91. The van der Waals surface area contributed by atoms with Crippen LogP contribution in [0.3, 0.4) is 0 Å². The van der Waals surface area contributed by atoms with Crippen LogP contribution in [0.25, 0.3) is 106 Å². The quantitative estimate of drug-likeness (QED) is 0.182.